The Bertz CT molecular complexity index is 370. The monoisotopic (exact) mass is 299 g/mol. The molecule has 1 amide bonds. The van der Waals surface area contributed by atoms with Crippen LogP contribution in [0.4, 0.5) is 0 Å². The van der Waals surface area contributed by atoms with E-state index in [0.717, 1.165) is 10.9 Å². The molecule has 0 saturated heterocycles. The lowest BCUT2D eigenvalue weighted by molar-refractivity contribution is -0.128. The predicted molar refractivity (Wildman–Crippen MR) is 72.8 cm³/mol. The minimum Gasteiger partial charge on any atom is -0.395 e. The standard InChI is InChI=1S/C13H18BrNO2/c1-10(2)15(8-9-16)13(17)11-4-3-5-12(14)7-6-11/h4-7,10,16H,3,8-9H2,1-2H3. The highest BCUT2D eigenvalue weighted by Crippen LogP contribution is 2.17. The van der Waals surface area contributed by atoms with Crippen LogP contribution in [0, 0.1) is 0 Å². The maximum absolute atomic E-state index is 12.2. The van der Waals surface area contributed by atoms with Crippen LogP contribution >= 0.6 is 15.9 Å². The van der Waals surface area contributed by atoms with Crippen LogP contribution in [0.15, 0.2) is 34.4 Å². The molecule has 0 heterocycles. The Morgan fingerprint density at radius 1 is 1.47 bits per heavy atom. The van der Waals surface area contributed by atoms with Gasteiger partial charge in [0.1, 0.15) is 0 Å². The van der Waals surface area contributed by atoms with Crippen molar-refractivity contribution < 1.29 is 9.90 Å². The summed E-state index contributed by atoms with van der Waals surface area (Å²) >= 11 is 3.39. The van der Waals surface area contributed by atoms with Crippen LogP contribution in [0.25, 0.3) is 0 Å². The zero-order chi connectivity index (χ0) is 12.8. The van der Waals surface area contributed by atoms with Crippen molar-refractivity contribution in [2.75, 3.05) is 13.2 Å². The number of hydrogen-bond donors (Lipinski definition) is 1. The fourth-order valence-corrected chi connectivity index (χ4v) is 1.95. The Morgan fingerprint density at radius 2 is 2.18 bits per heavy atom. The molecule has 0 unspecified atom stereocenters. The molecule has 0 atom stereocenters. The van der Waals surface area contributed by atoms with E-state index in [1.54, 1.807) is 4.90 Å². The second-order valence-electron chi connectivity index (χ2n) is 4.13. The Kier molecular flexibility index (Phi) is 5.65. The van der Waals surface area contributed by atoms with E-state index < -0.39 is 0 Å². The fourth-order valence-electron chi connectivity index (χ4n) is 1.63. The minimum atomic E-state index is -0.0269. The third kappa shape index (κ3) is 4.13. The number of hydrogen-bond acceptors (Lipinski definition) is 2. The first-order chi connectivity index (χ1) is 8.06. The van der Waals surface area contributed by atoms with Gasteiger partial charge in [-0.2, -0.15) is 0 Å². The summed E-state index contributed by atoms with van der Waals surface area (Å²) in [7, 11) is 0. The molecule has 0 aromatic heterocycles. The summed E-state index contributed by atoms with van der Waals surface area (Å²) in [4.78, 5) is 13.9. The molecular weight excluding hydrogens is 282 g/mol. The van der Waals surface area contributed by atoms with Crippen LogP contribution < -0.4 is 0 Å². The Balaban J connectivity index is 2.81. The van der Waals surface area contributed by atoms with Gasteiger partial charge in [-0.3, -0.25) is 4.79 Å². The number of allylic oxidation sites excluding steroid dienone is 4. The summed E-state index contributed by atoms with van der Waals surface area (Å²) in [5.74, 6) is -0.0269. The summed E-state index contributed by atoms with van der Waals surface area (Å²) in [5, 5.41) is 8.98. The molecule has 1 N–H and O–H groups in total. The van der Waals surface area contributed by atoms with Crippen molar-refractivity contribution >= 4 is 21.8 Å². The molecule has 1 aliphatic carbocycles. The number of rotatable bonds is 4. The molecule has 17 heavy (non-hydrogen) atoms. The van der Waals surface area contributed by atoms with Crippen LogP contribution in [-0.2, 0) is 4.79 Å². The molecule has 0 bridgehead atoms. The maximum atomic E-state index is 12.2. The lowest BCUT2D eigenvalue weighted by Gasteiger charge is -2.26. The zero-order valence-corrected chi connectivity index (χ0v) is 11.8. The highest BCUT2D eigenvalue weighted by molar-refractivity contribution is 9.11. The Hall–Kier alpha value is -0.870. The van der Waals surface area contributed by atoms with E-state index in [1.807, 2.05) is 38.2 Å². The van der Waals surface area contributed by atoms with E-state index in [-0.39, 0.29) is 18.6 Å². The number of carbonyl (C=O) groups excluding carboxylic acids is 1. The minimum absolute atomic E-state index is 0.0111. The molecule has 0 aliphatic heterocycles. The maximum Gasteiger partial charge on any atom is 0.253 e. The first-order valence-electron chi connectivity index (χ1n) is 5.72. The quantitative estimate of drug-likeness (QED) is 0.866. The summed E-state index contributed by atoms with van der Waals surface area (Å²) in [6, 6.07) is 0.0867. The number of aliphatic hydroxyl groups excluding tert-OH is 1. The summed E-state index contributed by atoms with van der Waals surface area (Å²) in [6.45, 7) is 4.25. The van der Waals surface area contributed by atoms with Gasteiger partial charge in [0.2, 0.25) is 0 Å². The molecular formula is C13H18BrNO2. The second-order valence-corrected chi connectivity index (χ2v) is 5.05. The van der Waals surface area contributed by atoms with Crippen molar-refractivity contribution in [2.24, 2.45) is 0 Å². The first-order valence-corrected chi connectivity index (χ1v) is 6.51. The molecule has 1 rings (SSSR count). The van der Waals surface area contributed by atoms with Crippen LogP contribution in [0.5, 0.6) is 0 Å². The van der Waals surface area contributed by atoms with Gasteiger partial charge in [-0.25, -0.2) is 0 Å². The SMILES string of the molecule is CC(C)N(CCO)C(=O)C1=CCC=C(Br)C=C1. The van der Waals surface area contributed by atoms with Crippen molar-refractivity contribution in [3.63, 3.8) is 0 Å². The molecule has 0 aromatic rings. The lowest BCUT2D eigenvalue weighted by Crippen LogP contribution is -2.39. The van der Waals surface area contributed by atoms with Gasteiger partial charge >= 0.3 is 0 Å². The van der Waals surface area contributed by atoms with Gasteiger partial charge in [-0.05, 0) is 32.4 Å². The number of amides is 1. The number of nitrogens with zero attached hydrogens (tertiary/aromatic N) is 1. The van der Waals surface area contributed by atoms with Crippen molar-refractivity contribution in [2.45, 2.75) is 26.3 Å². The van der Waals surface area contributed by atoms with Crippen LogP contribution in [-0.4, -0.2) is 35.1 Å². The lowest BCUT2D eigenvalue weighted by atomic mass is 10.1. The number of halogens is 1. The fraction of sp³-hybridized carbons (Fsp3) is 0.462. The highest BCUT2D eigenvalue weighted by Gasteiger charge is 2.19. The molecule has 0 spiro atoms. The second kappa shape index (κ2) is 6.77. The van der Waals surface area contributed by atoms with Gasteiger partial charge in [0, 0.05) is 22.6 Å². The molecule has 0 fully saturated rings. The van der Waals surface area contributed by atoms with E-state index >= 15 is 0 Å². The average molecular weight is 300 g/mol. The highest BCUT2D eigenvalue weighted by atomic mass is 79.9. The van der Waals surface area contributed by atoms with Gasteiger partial charge in [0.15, 0.2) is 0 Å². The topological polar surface area (TPSA) is 40.5 Å². The van der Waals surface area contributed by atoms with Crippen LogP contribution in [0.1, 0.15) is 20.3 Å². The summed E-state index contributed by atoms with van der Waals surface area (Å²) in [5.41, 5.74) is 0.679. The number of aliphatic hydroxyl groups is 1. The predicted octanol–water partition coefficient (Wildman–Crippen LogP) is 2.38. The smallest absolute Gasteiger partial charge is 0.253 e. The largest absolute Gasteiger partial charge is 0.395 e. The molecule has 0 radical (unpaired) electrons. The molecule has 4 heteroatoms. The Morgan fingerprint density at radius 3 is 2.76 bits per heavy atom. The molecule has 3 nitrogen and oxygen atoms in total. The Labute approximate surface area is 111 Å². The van der Waals surface area contributed by atoms with E-state index in [0.29, 0.717) is 12.1 Å². The third-order valence-corrected chi connectivity index (χ3v) is 3.13. The van der Waals surface area contributed by atoms with Crippen LogP contribution in [0.2, 0.25) is 0 Å². The molecule has 0 aromatic carbocycles. The normalized spacial score (nSPS) is 15.4. The van der Waals surface area contributed by atoms with Gasteiger partial charge in [0.05, 0.1) is 6.61 Å². The average Bonchev–Trinajstić information content (AvgIpc) is 2.49. The van der Waals surface area contributed by atoms with E-state index in [1.165, 1.54) is 0 Å². The van der Waals surface area contributed by atoms with Crippen LogP contribution in [0.3, 0.4) is 0 Å². The van der Waals surface area contributed by atoms with Gasteiger partial charge in [0.25, 0.3) is 5.91 Å². The van der Waals surface area contributed by atoms with Gasteiger partial charge < -0.3 is 10.0 Å². The molecule has 0 saturated carbocycles. The number of carbonyl (C=O) groups is 1. The summed E-state index contributed by atoms with van der Waals surface area (Å²) < 4.78 is 0.981. The van der Waals surface area contributed by atoms with Crippen molar-refractivity contribution in [3.05, 3.63) is 34.4 Å². The zero-order valence-electron chi connectivity index (χ0n) is 10.2. The van der Waals surface area contributed by atoms with E-state index in [2.05, 4.69) is 15.9 Å². The van der Waals surface area contributed by atoms with Gasteiger partial charge in [-0.1, -0.05) is 28.1 Å². The first kappa shape index (κ1) is 14.2. The van der Waals surface area contributed by atoms with Crippen molar-refractivity contribution in [1.29, 1.82) is 0 Å². The van der Waals surface area contributed by atoms with Gasteiger partial charge in [-0.15, -0.1) is 0 Å². The molecule has 1 aliphatic rings. The van der Waals surface area contributed by atoms with Crippen molar-refractivity contribution in [1.82, 2.24) is 4.90 Å². The summed E-state index contributed by atoms with van der Waals surface area (Å²) in [6.07, 6.45) is 8.32. The van der Waals surface area contributed by atoms with E-state index in [4.69, 9.17) is 5.11 Å². The third-order valence-electron chi connectivity index (χ3n) is 2.54. The molecule has 94 valence electrons. The van der Waals surface area contributed by atoms with E-state index in [9.17, 15) is 4.79 Å². The van der Waals surface area contributed by atoms with Crippen molar-refractivity contribution in [3.8, 4) is 0 Å².